The molecule has 0 spiro atoms. The molecule has 0 saturated heterocycles. The number of hydrogen-bond acceptors (Lipinski definition) is 4. The second-order valence-electron chi connectivity index (χ2n) is 12.6. The van der Waals surface area contributed by atoms with Crippen LogP contribution in [0.5, 0.6) is 11.5 Å². The summed E-state index contributed by atoms with van der Waals surface area (Å²) in [5.41, 5.74) is 6.27. The van der Waals surface area contributed by atoms with Crippen LogP contribution in [-0.2, 0) is 20.1 Å². The zero-order chi connectivity index (χ0) is 39.1. The molecule has 1 aliphatic heterocycles. The molecule has 245 valence electrons. The average molecular weight is 831 g/mol. The number of rotatable bonds is 5. The fourth-order valence-corrected chi connectivity index (χ4v) is 6.39. The van der Waals surface area contributed by atoms with Gasteiger partial charge in [0.25, 0.3) is 0 Å². The smallest absolute Gasteiger partial charge is 0.138 e. The molecule has 2 aromatic heterocycles. The van der Waals surface area contributed by atoms with E-state index in [1.54, 1.807) is 32.0 Å². The van der Waals surface area contributed by atoms with E-state index in [9.17, 15) is 0 Å². The summed E-state index contributed by atoms with van der Waals surface area (Å²) in [7, 11) is -1.34. The first-order valence-corrected chi connectivity index (χ1v) is 19.0. The van der Waals surface area contributed by atoms with E-state index in [-0.39, 0.29) is 25.7 Å². The Morgan fingerprint density at radius 1 is 0.812 bits per heavy atom. The summed E-state index contributed by atoms with van der Waals surface area (Å²) in [6.45, 7) is 5.75. The maximum absolute atomic E-state index is 8.55. The first-order chi connectivity index (χ1) is 25.3. The molecule has 4 aromatic carbocycles. The van der Waals surface area contributed by atoms with Crippen molar-refractivity contribution in [1.29, 1.82) is 0 Å². The Morgan fingerprint density at radius 3 is 2.25 bits per heavy atom. The average Bonchev–Trinajstić information content (AvgIpc) is 3.12. The van der Waals surface area contributed by atoms with Gasteiger partial charge in [0.15, 0.2) is 0 Å². The molecule has 6 aromatic rings. The second kappa shape index (κ2) is 14.8. The van der Waals surface area contributed by atoms with E-state index in [0.717, 1.165) is 28.3 Å². The minimum Gasteiger partial charge on any atom is -0.498 e. The standard InChI is InChI=1S/C27H23N2O.C15H18NSi.Ir/c1-18(2)22-16-23(28-17-19(22)3)21-12-9-14-25-27(21)30-26-15-8-7-13-24(26)29(25)20-10-5-4-6-11-20;1-12-5-7-13(8-6-12)15-10-9-14(11-16-15)17(2,3)4;/h4-11,13-18H,1-3H3;5-7,9-11H,1-4H3;/q2*-1;/i3D3,18D;1D3;. The molecular weight excluding hydrogens is 783 g/mol. The van der Waals surface area contributed by atoms with Gasteiger partial charge in [-0.15, -0.1) is 53.6 Å². The number of ether oxygens (including phenoxy) is 1. The van der Waals surface area contributed by atoms with E-state index < -0.39 is 27.7 Å². The van der Waals surface area contributed by atoms with Crippen molar-refractivity contribution in [3.05, 3.63) is 144 Å². The van der Waals surface area contributed by atoms with Crippen molar-refractivity contribution in [2.45, 2.75) is 53.1 Å². The molecule has 0 saturated carbocycles. The van der Waals surface area contributed by atoms with Crippen LogP contribution in [0.4, 0.5) is 17.1 Å². The fourth-order valence-electron chi connectivity index (χ4n) is 5.35. The number of fused-ring (bicyclic) bond motifs is 2. The number of anilines is 3. The number of para-hydroxylation sites is 3. The van der Waals surface area contributed by atoms with Crippen LogP contribution in [0.1, 0.15) is 46.0 Å². The quantitative estimate of drug-likeness (QED) is 0.128. The van der Waals surface area contributed by atoms with Crippen LogP contribution in [0, 0.1) is 25.8 Å². The minimum atomic E-state index is -2.36. The third-order valence-electron chi connectivity index (χ3n) is 7.92. The fraction of sp³-hybridized carbons (Fsp3) is 0.190. The van der Waals surface area contributed by atoms with Gasteiger partial charge in [-0.3, -0.25) is 0 Å². The van der Waals surface area contributed by atoms with Crippen molar-refractivity contribution in [3.63, 3.8) is 0 Å². The molecule has 0 fully saturated rings. The Balaban J connectivity index is 0.000000237. The largest absolute Gasteiger partial charge is 0.498 e. The molecule has 1 aliphatic rings. The van der Waals surface area contributed by atoms with Crippen molar-refractivity contribution < 1.29 is 34.4 Å². The maximum atomic E-state index is 8.55. The van der Waals surface area contributed by atoms with Crippen molar-refractivity contribution in [1.82, 2.24) is 9.97 Å². The number of benzene rings is 4. The molecule has 6 heteroatoms. The zero-order valence-corrected chi connectivity index (χ0v) is 30.9. The van der Waals surface area contributed by atoms with E-state index in [4.69, 9.17) is 14.3 Å². The van der Waals surface area contributed by atoms with E-state index in [0.29, 0.717) is 33.9 Å². The predicted molar refractivity (Wildman–Crippen MR) is 198 cm³/mol. The third-order valence-corrected chi connectivity index (χ3v) is 9.95. The van der Waals surface area contributed by atoms with E-state index in [1.165, 1.54) is 17.4 Å². The van der Waals surface area contributed by atoms with Gasteiger partial charge >= 0.3 is 0 Å². The van der Waals surface area contributed by atoms with Crippen LogP contribution in [0.15, 0.2) is 116 Å². The molecule has 0 N–H and O–H groups in total. The van der Waals surface area contributed by atoms with Crippen LogP contribution in [0.2, 0.25) is 19.6 Å². The number of pyridine rings is 2. The van der Waals surface area contributed by atoms with Gasteiger partial charge in [-0.05, 0) is 64.7 Å². The van der Waals surface area contributed by atoms with Gasteiger partial charge in [-0.1, -0.05) is 94.4 Å². The summed E-state index contributed by atoms with van der Waals surface area (Å²) >= 11 is 0. The van der Waals surface area contributed by atoms with Crippen LogP contribution < -0.4 is 14.8 Å². The molecular formula is C42H41IrN3OSi-2. The van der Waals surface area contributed by atoms with Gasteiger partial charge in [-0.25, -0.2) is 0 Å². The molecule has 4 nitrogen and oxygen atoms in total. The van der Waals surface area contributed by atoms with Gasteiger partial charge in [-0.2, -0.15) is 0 Å². The Hall–Kier alpha value is -4.35. The minimum absolute atomic E-state index is 0. The first-order valence-electron chi connectivity index (χ1n) is 19.0. The Kier molecular flexibility index (Phi) is 8.21. The maximum Gasteiger partial charge on any atom is 0.138 e. The third kappa shape index (κ3) is 7.52. The van der Waals surface area contributed by atoms with Gasteiger partial charge in [0.2, 0.25) is 0 Å². The summed E-state index contributed by atoms with van der Waals surface area (Å²) in [6, 6.07) is 38.5. The molecule has 0 atom stereocenters. The van der Waals surface area contributed by atoms with Gasteiger partial charge in [0, 0.05) is 53.5 Å². The Bertz CT molecular complexity index is 2200. The van der Waals surface area contributed by atoms with E-state index >= 15 is 0 Å². The van der Waals surface area contributed by atoms with Crippen LogP contribution in [0.3, 0.4) is 0 Å². The normalized spacial score (nSPS) is 14.7. The molecule has 1 radical (unpaired) electrons. The van der Waals surface area contributed by atoms with Crippen molar-refractivity contribution >= 4 is 30.3 Å². The SMILES string of the molecule is [2H]C([2H])([2H])c1c[c-]c(-c2ccc([Si](C)(C)C)cn2)cc1.[2H]C([2H])([2H])c1cnc(-c2[c-]ccc3c2Oc2ccccc2N3c2ccccc2)cc1C([2H])(C)C.[Ir]. The summed E-state index contributed by atoms with van der Waals surface area (Å²) in [5, 5.41) is 1.31. The summed E-state index contributed by atoms with van der Waals surface area (Å²) in [6.07, 6.45) is 3.28. The molecule has 48 heavy (non-hydrogen) atoms. The van der Waals surface area contributed by atoms with Gasteiger partial charge in [0.1, 0.15) is 5.75 Å². The summed E-state index contributed by atoms with van der Waals surface area (Å²) in [5.74, 6) is 0.146. The van der Waals surface area contributed by atoms with Gasteiger partial charge in [0.05, 0.1) is 19.5 Å². The molecule has 7 rings (SSSR count). The van der Waals surface area contributed by atoms with Crippen LogP contribution in [-0.4, -0.2) is 18.0 Å². The predicted octanol–water partition coefficient (Wildman–Crippen LogP) is 11.0. The number of nitrogens with zero attached hydrogens (tertiary/aromatic N) is 3. The van der Waals surface area contributed by atoms with Crippen molar-refractivity contribution in [3.8, 4) is 34.0 Å². The van der Waals surface area contributed by atoms with Crippen molar-refractivity contribution in [2.75, 3.05) is 4.90 Å². The van der Waals surface area contributed by atoms with Crippen LogP contribution in [0.25, 0.3) is 22.5 Å². The summed E-state index contributed by atoms with van der Waals surface area (Å²) in [4.78, 5) is 11.1. The molecule has 0 aliphatic carbocycles. The summed E-state index contributed by atoms with van der Waals surface area (Å²) < 4.78 is 60.6. The molecule has 0 unspecified atom stereocenters. The number of aromatic nitrogens is 2. The monoisotopic (exact) mass is 831 g/mol. The van der Waals surface area contributed by atoms with Crippen molar-refractivity contribution in [2.24, 2.45) is 0 Å². The van der Waals surface area contributed by atoms with E-state index in [1.807, 2.05) is 79.0 Å². The Labute approximate surface area is 310 Å². The van der Waals surface area contributed by atoms with E-state index in [2.05, 4.69) is 52.7 Å². The van der Waals surface area contributed by atoms with Crippen LogP contribution >= 0.6 is 0 Å². The Morgan fingerprint density at radius 2 is 1.58 bits per heavy atom. The molecule has 0 bridgehead atoms. The second-order valence-corrected chi connectivity index (χ2v) is 17.7. The topological polar surface area (TPSA) is 38.3 Å². The molecule has 0 amide bonds. The first kappa shape index (κ1) is 26.6. The van der Waals surface area contributed by atoms with Gasteiger partial charge < -0.3 is 19.6 Å². The molecule has 3 heterocycles. The number of aryl methyl sites for hydroxylation is 2. The zero-order valence-electron chi connectivity index (χ0n) is 34.6. The number of hydrogen-bond donors (Lipinski definition) is 0.